The first-order valence-corrected chi connectivity index (χ1v) is 15.0. The van der Waals surface area contributed by atoms with Crippen molar-refractivity contribution >= 4 is 41.5 Å². The molecular formula is C35H32N4O10. The van der Waals surface area contributed by atoms with Gasteiger partial charge in [0.15, 0.2) is 0 Å². The van der Waals surface area contributed by atoms with Gasteiger partial charge in [0.25, 0.3) is 17.4 Å². The summed E-state index contributed by atoms with van der Waals surface area (Å²) in [7, 11) is 0. The van der Waals surface area contributed by atoms with Gasteiger partial charge in [-0.2, -0.15) is 0 Å². The van der Waals surface area contributed by atoms with Crippen LogP contribution in [0.15, 0.2) is 101 Å². The Morgan fingerprint density at radius 2 is 1.39 bits per heavy atom. The predicted molar refractivity (Wildman–Crippen MR) is 179 cm³/mol. The van der Waals surface area contributed by atoms with Crippen molar-refractivity contribution in [3.8, 4) is 11.6 Å². The lowest BCUT2D eigenvalue weighted by atomic mass is 10.1. The van der Waals surface area contributed by atoms with Crippen molar-refractivity contribution in [1.29, 1.82) is 0 Å². The lowest BCUT2D eigenvalue weighted by Crippen LogP contribution is -2.56. The average molecular weight is 669 g/mol. The van der Waals surface area contributed by atoms with Crippen molar-refractivity contribution in [3.63, 3.8) is 0 Å². The molecular weight excluding hydrogens is 636 g/mol. The van der Waals surface area contributed by atoms with Crippen molar-refractivity contribution in [2.45, 2.75) is 32.7 Å². The van der Waals surface area contributed by atoms with E-state index in [0.717, 1.165) is 18.9 Å². The second-order valence-corrected chi connectivity index (χ2v) is 10.7. The van der Waals surface area contributed by atoms with Crippen LogP contribution < -0.4 is 16.1 Å². The summed E-state index contributed by atoms with van der Waals surface area (Å²) in [6, 6.07) is 9.20. The van der Waals surface area contributed by atoms with E-state index in [4.69, 9.17) is 0 Å². The maximum Gasteiger partial charge on any atom is 0.338 e. The highest BCUT2D eigenvalue weighted by atomic mass is 16.4. The van der Waals surface area contributed by atoms with Gasteiger partial charge in [-0.05, 0) is 73.5 Å². The van der Waals surface area contributed by atoms with Gasteiger partial charge in [-0.1, -0.05) is 37.6 Å². The molecule has 0 radical (unpaired) electrons. The van der Waals surface area contributed by atoms with Crippen LogP contribution in [0.3, 0.4) is 0 Å². The molecule has 1 aliphatic heterocycles. The smallest absolute Gasteiger partial charge is 0.338 e. The number of carbonyl (C=O) groups is 5. The van der Waals surface area contributed by atoms with Crippen molar-refractivity contribution in [2.75, 3.05) is 11.4 Å². The quantitative estimate of drug-likeness (QED) is 0.104. The van der Waals surface area contributed by atoms with Gasteiger partial charge in [0, 0.05) is 13.1 Å². The minimum Gasteiger partial charge on any atom is -0.494 e. The number of nitrogens with zero attached hydrogens (tertiary/aromatic N) is 4. The number of aromatic nitrogens is 2. The molecule has 4 rings (SSSR count). The normalized spacial score (nSPS) is 14.4. The summed E-state index contributed by atoms with van der Waals surface area (Å²) in [6.07, 6.45) is 9.34. The van der Waals surface area contributed by atoms with Gasteiger partial charge in [0.2, 0.25) is 5.88 Å². The first kappa shape index (κ1) is 35.3. The molecule has 3 N–H and O–H groups in total. The first-order chi connectivity index (χ1) is 23.4. The van der Waals surface area contributed by atoms with Crippen molar-refractivity contribution < 1.29 is 39.3 Å². The Bertz CT molecular complexity index is 2030. The summed E-state index contributed by atoms with van der Waals surface area (Å²) < 4.78 is 1.76. The lowest BCUT2D eigenvalue weighted by molar-refractivity contribution is -0.129. The van der Waals surface area contributed by atoms with Gasteiger partial charge in [-0.3, -0.25) is 23.9 Å². The Balaban J connectivity index is 1.71. The van der Waals surface area contributed by atoms with Gasteiger partial charge in [0.1, 0.15) is 11.1 Å². The fraction of sp³-hybridized carbons (Fsp3) is 0.171. The standard InChI is InChI=1S/C35H32N4O10/c1-3-5-20-36-28(40)26(30(42)38(34(36)48)24-16-12-22(13-17-24)32(44)45)10-8-7-9-11-27-29(41)37(21-6-4-2)35(49)39(31(27)43)25-18-14-23(15-19-25)33(46)47/h3,7-19,40H,1,4-6,20-21H2,2H3,(H,44,45)(H,46,47)/b9-7+,10-8+,27-11+. The Morgan fingerprint density at radius 3 is 1.94 bits per heavy atom. The number of aromatic hydroxyl groups is 1. The number of hydrogen-bond donors (Lipinski definition) is 3. The van der Waals surface area contributed by atoms with Crippen LogP contribution in [0.25, 0.3) is 11.8 Å². The van der Waals surface area contributed by atoms with E-state index in [9.17, 15) is 48.9 Å². The van der Waals surface area contributed by atoms with E-state index >= 15 is 0 Å². The number of rotatable bonds is 13. The number of benzene rings is 2. The summed E-state index contributed by atoms with van der Waals surface area (Å²) in [6.45, 7) is 5.50. The van der Waals surface area contributed by atoms with Crippen LogP contribution in [0.5, 0.6) is 5.88 Å². The molecule has 49 heavy (non-hydrogen) atoms. The molecule has 0 saturated carbocycles. The molecule has 0 bridgehead atoms. The number of allylic oxidation sites excluding steroid dienone is 5. The number of hydrogen-bond acceptors (Lipinski definition) is 8. The second kappa shape index (κ2) is 15.3. The molecule has 4 amide bonds. The topological polar surface area (TPSA) is 197 Å². The number of unbranched alkanes of at least 4 members (excludes halogenated alkanes) is 1. The molecule has 1 aliphatic rings. The fourth-order valence-electron chi connectivity index (χ4n) is 4.86. The minimum absolute atomic E-state index is 0.0164. The van der Waals surface area contributed by atoms with E-state index in [-0.39, 0.29) is 53.1 Å². The van der Waals surface area contributed by atoms with Crippen LogP contribution in [0.4, 0.5) is 10.5 Å². The third-order valence-corrected chi connectivity index (χ3v) is 7.47. The number of amides is 4. The Hall–Kier alpha value is -6.57. The molecule has 2 aromatic carbocycles. The van der Waals surface area contributed by atoms with Crippen molar-refractivity contribution in [1.82, 2.24) is 14.0 Å². The monoisotopic (exact) mass is 668 g/mol. The zero-order valence-corrected chi connectivity index (χ0v) is 26.3. The molecule has 1 saturated heterocycles. The Morgan fingerprint density at radius 1 is 0.796 bits per heavy atom. The predicted octanol–water partition coefficient (Wildman–Crippen LogP) is 3.97. The van der Waals surface area contributed by atoms with Gasteiger partial charge in [-0.15, -0.1) is 6.58 Å². The second-order valence-electron chi connectivity index (χ2n) is 10.7. The van der Waals surface area contributed by atoms with Gasteiger partial charge >= 0.3 is 23.7 Å². The zero-order valence-electron chi connectivity index (χ0n) is 26.3. The summed E-state index contributed by atoms with van der Waals surface area (Å²) in [5.41, 5.74) is -2.36. The minimum atomic E-state index is -1.20. The Kier molecular flexibility index (Phi) is 11.1. The zero-order chi connectivity index (χ0) is 35.8. The molecule has 14 nitrogen and oxygen atoms in total. The molecule has 0 aliphatic carbocycles. The van der Waals surface area contributed by atoms with Crippen LogP contribution >= 0.6 is 0 Å². The molecule has 1 aromatic heterocycles. The molecule has 0 spiro atoms. The molecule has 1 fully saturated rings. The van der Waals surface area contributed by atoms with E-state index in [1.54, 1.807) is 0 Å². The van der Waals surface area contributed by atoms with Crippen LogP contribution in [-0.4, -0.2) is 65.7 Å². The van der Waals surface area contributed by atoms with Crippen LogP contribution in [0, 0.1) is 0 Å². The maximum atomic E-state index is 13.4. The van der Waals surface area contributed by atoms with E-state index < -0.39 is 46.9 Å². The number of imide groups is 2. The van der Waals surface area contributed by atoms with Gasteiger partial charge in [-0.25, -0.2) is 28.6 Å². The highest BCUT2D eigenvalue weighted by Gasteiger charge is 2.42. The number of aromatic carboxylic acids is 2. The van der Waals surface area contributed by atoms with Crippen molar-refractivity contribution in [3.05, 3.63) is 129 Å². The molecule has 3 aromatic rings. The van der Waals surface area contributed by atoms with Crippen LogP contribution in [-0.2, 0) is 16.1 Å². The van der Waals surface area contributed by atoms with Crippen LogP contribution in [0.2, 0.25) is 0 Å². The van der Waals surface area contributed by atoms with E-state index in [2.05, 4.69) is 6.58 Å². The number of carbonyl (C=O) groups excluding carboxylic acids is 3. The summed E-state index contributed by atoms with van der Waals surface area (Å²) in [5.74, 6) is -4.76. The summed E-state index contributed by atoms with van der Waals surface area (Å²) in [5, 5.41) is 29.3. The molecule has 252 valence electrons. The Labute approximate surface area is 279 Å². The van der Waals surface area contributed by atoms with E-state index in [0.29, 0.717) is 12.8 Å². The number of anilines is 1. The number of carboxylic acids is 2. The molecule has 0 atom stereocenters. The number of barbiturate groups is 1. The van der Waals surface area contributed by atoms with E-state index in [1.807, 2.05) is 6.92 Å². The highest BCUT2D eigenvalue weighted by molar-refractivity contribution is 6.37. The molecule has 14 heteroatoms. The summed E-state index contributed by atoms with van der Waals surface area (Å²) in [4.78, 5) is 90.8. The third kappa shape index (κ3) is 7.38. The lowest BCUT2D eigenvalue weighted by Gasteiger charge is -2.33. The third-order valence-electron chi connectivity index (χ3n) is 7.47. The maximum absolute atomic E-state index is 13.4. The average Bonchev–Trinajstić information content (AvgIpc) is 3.07. The number of urea groups is 1. The van der Waals surface area contributed by atoms with E-state index in [1.165, 1.54) is 85.0 Å². The van der Waals surface area contributed by atoms with Crippen molar-refractivity contribution in [2.24, 2.45) is 0 Å². The van der Waals surface area contributed by atoms with Crippen LogP contribution in [0.1, 0.15) is 52.5 Å². The highest BCUT2D eigenvalue weighted by Crippen LogP contribution is 2.26. The van der Waals surface area contributed by atoms with Gasteiger partial charge in [0.05, 0.1) is 22.5 Å². The molecule has 2 heterocycles. The number of carboxylic acid groups (broad SMARTS) is 2. The largest absolute Gasteiger partial charge is 0.494 e. The summed E-state index contributed by atoms with van der Waals surface area (Å²) >= 11 is 0. The first-order valence-electron chi connectivity index (χ1n) is 15.0. The fourth-order valence-corrected chi connectivity index (χ4v) is 4.86. The molecule has 0 unspecified atom stereocenters. The SMILES string of the molecule is C=CCCn1c(O)c(/C=C/C=C/C=C2\C(=O)N(CCCC)C(=O)N(c3ccc(C(=O)O)cc3)C2=O)c(=O)n(-c2ccc(C(=O)O)cc2)c1=O. The van der Waals surface area contributed by atoms with Gasteiger partial charge < -0.3 is 15.3 Å².